The van der Waals surface area contributed by atoms with Gasteiger partial charge in [0, 0.05) is 12.6 Å². The first-order valence-electron chi connectivity index (χ1n) is 13.2. The highest BCUT2D eigenvalue weighted by Gasteiger charge is 2.33. The van der Waals surface area contributed by atoms with Gasteiger partial charge in [-0.05, 0) is 70.4 Å². The molecule has 0 aliphatic carbocycles. The number of nitrogens with zero attached hydrogens (tertiary/aromatic N) is 2. The van der Waals surface area contributed by atoms with E-state index in [4.69, 9.17) is 0 Å². The maximum absolute atomic E-state index is 14.0. The van der Waals surface area contributed by atoms with Crippen LogP contribution in [-0.4, -0.2) is 43.8 Å². The number of hydrogen-bond acceptors (Lipinski definition) is 4. The molecule has 0 unspecified atom stereocenters. The SMILES string of the molecule is CC[C@H](C)NC(=O)[C@H](C)N(Cc1ccc(C)cc1)C(=O)CN(c1ccccc1C)S(=O)(=O)c1ccc(C)cc1. The van der Waals surface area contributed by atoms with Crippen molar-refractivity contribution in [2.75, 3.05) is 10.8 Å². The van der Waals surface area contributed by atoms with Gasteiger partial charge in [0.05, 0.1) is 10.6 Å². The molecule has 1 N–H and O–H groups in total. The number of aryl methyl sites for hydroxylation is 3. The second-order valence-electron chi connectivity index (χ2n) is 10.1. The molecule has 3 rings (SSSR count). The lowest BCUT2D eigenvalue weighted by Crippen LogP contribution is -2.52. The zero-order valence-electron chi connectivity index (χ0n) is 23.6. The van der Waals surface area contributed by atoms with E-state index in [1.807, 2.05) is 71.0 Å². The van der Waals surface area contributed by atoms with Crippen LogP contribution in [0.3, 0.4) is 0 Å². The molecule has 0 fully saturated rings. The lowest BCUT2D eigenvalue weighted by Gasteiger charge is -2.33. The second-order valence-corrected chi connectivity index (χ2v) is 12.0. The second kappa shape index (κ2) is 12.9. The van der Waals surface area contributed by atoms with Crippen LogP contribution in [0.5, 0.6) is 0 Å². The lowest BCUT2D eigenvalue weighted by molar-refractivity contribution is -0.139. The van der Waals surface area contributed by atoms with Gasteiger partial charge >= 0.3 is 0 Å². The van der Waals surface area contributed by atoms with E-state index in [0.717, 1.165) is 27.4 Å². The third kappa shape index (κ3) is 7.47. The minimum Gasteiger partial charge on any atom is -0.352 e. The van der Waals surface area contributed by atoms with E-state index < -0.39 is 28.5 Å². The Balaban J connectivity index is 2.03. The van der Waals surface area contributed by atoms with Crippen LogP contribution < -0.4 is 9.62 Å². The standard InChI is InChI=1S/C31H39N3O4S/c1-7-25(5)32-31(36)26(6)33(20-27-16-12-22(2)13-17-27)30(35)21-34(29-11-9-8-10-24(29)4)39(37,38)28-18-14-23(3)15-19-28/h8-19,25-26H,7,20-21H2,1-6H3,(H,32,36)/t25-,26-/m0/s1. The zero-order valence-corrected chi connectivity index (χ0v) is 24.5. The molecule has 0 aliphatic heterocycles. The Kier molecular flexibility index (Phi) is 9.92. The largest absolute Gasteiger partial charge is 0.352 e. The quantitative estimate of drug-likeness (QED) is 0.359. The zero-order chi connectivity index (χ0) is 28.7. The van der Waals surface area contributed by atoms with Crippen molar-refractivity contribution < 1.29 is 18.0 Å². The van der Waals surface area contributed by atoms with Crippen molar-refractivity contribution in [1.82, 2.24) is 10.2 Å². The molecule has 0 radical (unpaired) electrons. The minimum atomic E-state index is -4.08. The fourth-order valence-electron chi connectivity index (χ4n) is 4.13. The summed E-state index contributed by atoms with van der Waals surface area (Å²) in [5.74, 6) is -0.755. The summed E-state index contributed by atoms with van der Waals surface area (Å²) in [5.41, 5.74) is 3.99. The number of carbonyl (C=O) groups is 2. The maximum Gasteiger partial charge on any atom is 0.264 e. The van der Waals surface area contributed by atoms with Crippen LogP contribution in [0.1, 0.15) is 49.4 Å². The van der Waals surface area contributed by atoms with Gasteiger partial charge in [0.2, 0.25) is 11.8 Å². The Labute approximate surface area is 232 Å². The van der Waals surface area contributed by atoms with Crippen LogP contribution in [-0.2, 0) is 26.2 Å². The topological polar surface area (TPSA) is 86.8 Å². The Hall–Kier alpha value is -3.65. The number of benzene rings is 3. The van der Waals surface area contributed by atoms with Crippen LogP contribution in [0.4, 0.5) is 5.69 Å². The van der Waals surface area contributed by atoms with E-state index in [1.54, 1.807) is 43.3 Å². The number of nitrogens with one attached hydrogen (secondary N) is 1. The Morgan fingerprint density at radius 2 is 1.41 bits per heavy atom. The fraction of sp³-hybridized carbons (Fsp3) is 0.355. The van der Waals surface area contributed by atoms with Crippen molar-refractivity contribution in [2.24, 2.45) is 0 Å². The molecule has 3 aromatic carbocycles. The molecule has 208 valence electrons. The highest BCUT2D eigenvalue weighted by Crippen LogP contribution is 2.27. The van der Waals surface area contributed by atoms with Gasteiger partial charge in [-0.1, -0.05) is 72.6 Å². The first kappa shape index (κ1) is 29.9. The van der Waals surface area contributed by atoms with E-state index in [9.17, 15) is 18.0 Å². The number of rotatable bonds is 11. The van der Waals surface area contributed by atoms with Crippen molar-refractivity contribution >= 4 is 27.5 Å². The van der Waals surface area contributed by atoms with Gasteiger partial charge in [-0.3, -0.25) is 13.9 Å². The molecule has 39 heavy (non-hydrogen) atoms. The highest BCUT2D eigenvalue weighted by molar-refractivity contribution is 7.92. The number of amides is 2. The number of para-hydroxylation sites is 1. The van der Waals surface area contributed by atoms with Crippen molar-refractivity contribution in [3.63, 3.8) is 0 Å². The summed E-state index contributed by atoms with van der Waals surface area (Å²) in [6, 6.07) is 20.5. The molecule has 0 aromatic heterocycles. The molecule has 0 heterocycles. The van der Waals surface area contributed by atoms with Crippen LogP contribution in [0, 0.1) is 20.8 Å². The van der Waals surface area contributed by atoms with Crippen LogP contribution in [0.15, 0.2) is 77.7 Å². The molecule has 0 bridgehead atoms. The number of sulfonamides is 1. The number of carbonyl (C=O) groups excluding carboxylic acids is 2. The molecule has 2 atom stereocenters. The maximum atomic E-state index is 14.0. The van der Waals surface area contributed by atoms with Crippen LogP contribution >= 0.6 is 0 Å². The summed E-state index contributed by atoms with van der Waals surface area (Å²) in [7, 11) is -4.08. The van der Waals surface area contributed by atoms with Gasteiger partial charge in [0.25, 0.3) is 10.0 Å². The van der Waals surface area contributed by atoms with Gasteiger partial charge in [0.1, 0.15) is 12.6 Å². The molecule has 0 aliphatic rings. The first-order valence-corrected chi connectivity index (χ1v) is 14.7. The summed E-state index contributed by atoms with van der Waals surface area (Å²) in [6.07, 6.45) is 0.750. The van der Waals surface area contributed by atoms with Gasteiger partial charge in [0.15, 0.2) is 0 Å². The normalized spacial score (nSPS) is 12.9. The molecule has 0 saturated heterocycles. The van der Waals surface area contributed by atoms with Crippen molar-refractivity contribution in [3.8, 4) is 0 Å². The Morgan fingerprint density at radius 1 is 0.846 bits per heavy atom. The van der Waals surface area contributed by atoms with Crippen molar-refractivity contribution in [2.45, 2.75) is 71.5 Å². The van der Waals surface area contributed by atoms with Gasteiger partial charge in [-0.2, -0.15) is 0 Å². The predicted octanol–water partition coefficient (Wildman–Crippen LogP) is 5.14. The third-order valence-corrected chi connectivity index (χ3v) is 8.69. The Morgan fingerprint density at radius 3 is 1.97 bits per heavy atom. The average Bonchev–Trinajstić information content (AvgIpc) is 2.91. The average molecular weight is 550 g/mol. The monoisotopic (exact) mass is 549 g/mol. The lowest BCUT2D eigenvalue weighted by atomic mass is 10.1. The van der Waals surface area contributed by atoms with E-state index in [-0.39, 0.29) is 23.4 Å². The first-order chi connectivity index (χ1) is 18.4. The van der Waals surface area contributed by atoms with Crippen LogP contribution in [0.25, 0.3) is 0 Å². The van der Waals surface area contributed by atoms with Gasteiger partial charge < -0.3 is 10.2 Å². The molecule has 8 heteroatoms. The molecule has 0 saturated carbocycles. The van der Waals surface area contributed by atoms with Gasteiger partial charge in [-0.25, -0.2) is 8.42 Å². The number of hydrogen-bond donors (Lipinski definition) is 1. The molecular weight excluding hydrogens is 510 g/mol. The summed E-state index contributed by atoms with van der Waals surface area (Å²) >= 11 is 0. The van der Waals surface area contributed by atoms with E-state index in [0.29, 0.717) is 11.3 Å². The van der Waals surface area contributed by atoms with E-state index in [2.05, 4.69) is 5.32 Å². The summed E-state index contributed by atoms with van der Waals surface area (Å²) in [6.45, 7) is 10.9. The van der Waals surface area contributed by atoms with E-state index in [1.165, 1.54) is 4.90 Å². The molecular formula is C31H39N3O4S. The predicted molar refractivity (Wildman–Crippen MR) is 156 cm³/mol. The molecule has 7 nitrogen and oxygen atoms in total. The van der Waals surface area contributed by atoms with Gasteiger partial charge in [-0.15, -0.1) is 0 Å². The third-order valence-electron chi connectivity index (χ3n) is 6.91. The summed E-state index contributed by atoms with van der Waals surface area (Å²) in [5, 5.41) is 2.95. The molecule has 2 amide bonds. The van der Waals surface area contributed by atoms with Crippen molar-refractivity contribution in [3.05, 3.63) is 95.1 Å². The number of anilines is 1. The van der Waals surface area contributed by atoms with Crippen molar-refractivity contribution in [1.29, 1.82) is 0 Å². The summed E-state index contributed by atoms with van der Waals surface area (Å²) in [4.78, 5) is 28.7. The Bertz CT molecular complexity index is 1390. The minimum absolute atomic E-state index is 0.0540. The van der Waals surface area contributed by atoms with Crippen LogP contribution in [0.2, 0.25) is 0 Å². The molecule has 0 spiro atoms. The molecule has 3 aromatic rings. The highest BCUT2D eigenvalue weighted by atomic mass is 32.2. The van der Waals surface area contributed by atoms with E-state index >= 15 is 0 Å². The summed E-state index contributed by atoms with van der Waals surface area (Å²) < 4.78 is 29.0. The fourth-order valence-corrected chi connectivity index (χ4v) is 5.61. The smallest absolute Gasteiger partial charge is 0.264 e.